The number of hydrogen-bond donors (Lipinski definition) is 3. The molecule has 3 N–H and O–H groups in total. The van der Waals surface area contributed by atoms with E-state index in [0.717, 1.165) is 25.7 Å². The third-order valence-electron chi connectivity index (χ3n) is 3.78. The SMILES string of the molecule is O=C(CNC(=O)C1CC1)Nc1ccc(C(=O)NC2CC2)c(Cl)c1. The number of benzene rings is 1. The predicted molar refractivity (Wildman–Crippen MR) is 86.3 cm³/mol. The molecule has 122 valence electrons. The Bertz CT molecular complexity index is 654. The van der Waals surface area contributed by atoms with Crippen molar-refractivity contribution in [3.05, 3.63) is 28.8 Å². The smallest absolute Gasteiger partial charge is 0.253 e. The monoisotopic (exact) mass is 335 g/mol. The summed E-state index contributed by atoms with van der Waals surface area (Å²) in [5.74, 6) is -0.538. The maximum atomic E-state index is 12.0. The zero-order valence-electron chi connectivity index (χ0n) is 12.5. The molecule has 2 saturated carbocycles. The van der Waals surface area contributed by atoms with Crippen LogP contribution in [0.4, 0.5) is 5.69 Å². The molecule has 2 fully saturated rings. The van der Waals surface area contributed by atoms with Crippen LogP contribution in [0.25, 0.3) is 0 Å². The lowest BCUT2D eigenvalue weighted by molar-refractivity contribution is -0.125. The normalized spacial score (nSPS) is 16.6. The minimum atomic E-state index is -0.328. The van der Waals surface area contributed by atoms with E-state index in [2.05, 4.69) is 16.0 Å². The Morgan fingerprint density at radius 3 is 2.48 bits per heavy atom. The molecule has 3 amide bonds. The van der Waals surface area contributed by atoms with Crippen molar-refractivity contribution in [3.63, 3.8) is 0 Å². The van der Waals surface area contributed by atoms with Crippen LogP contribution in [-0.4, -0.2) is 30.3 Å². The van der Waals surface area contributed by atoms with Gasteiger partial charge in [0.1, 0.15) is 0 Å². The first-order valence-electron chi connectivity index (χ1n) is 7.71. The van der Waals surface area contributed by atoms with Gasteiger partial charge in [-0.3, -0.25) is 14.4 Å². The van der Waals surface area contributed by atoms with E-state index in [9.17, 15) is 14.4 Å². The lowest BCUT2D eigenvalue weighted by atomic mass is 10.2. The van der Waals surface area contributed by atoms with Crippen LogP contribution < -0.4 is 16.0 Å². The van der Waals surface area contributed by atoms with Gasteiger partial charge < -0.3 is 16.0 Å². The van der Waals surface area contributed by atoms with Gasteiger partial charge in [-0.05, 0) is 43.9 Å². The third kappa shape index (κ3) is 4.45. The standard InChI is InChI=1S/C16H18ClN3O3/c17-13-7-11(5-6-12(13)16(23)20-10-3-4-10)19-14(21)8-18-15(22)9-1-2-9/h5-7,9-10H,1-4,8H2,(H,18,22)(H,19,21)(H,20,23). The van der Waals surface area contributed by atoms with Crippen LogP contribution in [0.15, 0.2) is 18.2 Å². The van der Waals surface area contributed by atoms with Crippen molar-refractivity contribution in [3.8, 4) is 0 Å². The van der Waals surface area contributed by atoms with E-state index in [4.69, 9.17) is 11.6 Å². The van der Waals surface area contributed by atoms with Gasteiger partial charge in [0.2, 0.25) is 11.8 Å². The van der Waals surface area contributed by atoms with E-state index in [0.29, 0.717) is 11.3 Å². The summed E-state index contributed by atoms with van der Waals surface area (Å²) >= 11 is 6.11. The van der Waals surface area contributed by atoms with Crippen molar-refractivity contribution in [2.45, 2.75) is 31.7 Å². The van der Waals surface area contributed by atoms with E-state index in [-0.39, 0.29) is 41.2 Å². The Balaban J connectivity index is 1.52. The highest BCUT2D eigenvalue weighted by molar-refractivity contribution is 6.34. The van der Waals surface area contributed by atoms with Crippen LogP contribution in [0.3, 0.4) is 0 Å². The average Bonchev–Trinajstić information content (AvgIpc) is 3.37. The van der Waals surface area contributed by atoms with E-state index >= 15 is 0 Å². The van der Waals surface area contributed by atoms with Crippen molar-refractivity contribution in [1.29, 1.82) is 0 Å². The fraction of sp³-hybridized carbons (Fsp3) is 0.438. The Morgan fingerprint density at radius 1 is 1.13 bits per heavy atom. The first-order valence-corrected chi connectivity index (χ1v) is 8.08. The molecule has 0 aromatic heterocycles. The number of halogens is 1. The average molecular weight is 336 g/mol. The van der Waals surface area contributed by atoms with Crippen LogP contribution in [0.5, 0.6) is 0 Å². The quantitative estimate of drug-likeness (QED) is 0.739. The Hall–Kier alpha value is -2.08. The zero-order chi connectivity index (χ0) is 16.4. The number of carbonyl (C=O) groups excluding carboxylic acids is 3. The number of carbonyl (C=O) groups is 3. The molecule has 7 heteroatoms. The van der Waals surface area contributed by atoms with Crippen molar-refractivity contribution in [1.82, 2.24) is 10.6 Å². The molecule has 1 aromatic carbocycles. The highest BCUT2D eigenvalue weighted by atomic mass is 35.5. The van der Waals surface area contributed by atoms with Gasteiger partial charge in [-0.2, -0.15) is 0 Å². The molecule has 0 heterocycles. The van der Waals surface area contributed by atoms with Crippen molar-refractivity contribution < 1.29 is 14.4 Å². The molecule has 3 rings (SSSR count). The summed E-state index contributed by atoms with van der Waals surface area (Å²) in [6.07, 6.45) is 3.80. The molecular weight excluding hydrogens is 318 g/mol. The second-order valence-electron chi connectivity index (χ2n) is 5.98. The summed E-state index contributed by atoms with van der Waals surface area (Å²) in [5.41, 5.74) is 0.877. The third-order valence-corrected chi connectivity index (χ3v) is 4.09. The molecule has 0 bridgehead atoms. The first-order chi connectivity index (χ1) is 11.0. The second-order valence-corrected chi connectivity index (χ2v) is 6.39. The molecule has 2 aliphatic carbocycles. The van der Waals surface area contributed by atoms with Gasteiger partial charge in [0.05, 0.1) is 17.1 Å². The van der Waals surface area contributed by atoms with E-state index in [1.807, 2.05) is 0 Å². The molecular formula is C16H18ClN3O3. The molecule has 0 unspecified atom stereocenters. The highest BCUT2D eigenvalue weighted by Gasteiger charge is 2.29. The number of nitrogens with one attached hydrogen (secondary N) is 3. The summed E-state index contributed by atoms with van der Waals surface area (Å²) < 4.78 is 0. The van der Waals surface area contributed by atoms with Crippen LogP contribution in [0.1, 0.15) is 36.0 Å². The molecule has 0 spiro atoms. The lowest BCUT2D eigenvalue weighted by Crippen LogP contribution is -2.33. The highest BCUT2D eigenvalue weighted by Crippen LogP contribution is 2.28. The van der Waals surface area contributed by atoms with Crippen LogP contribution in [0.2, 0.25) is 5.02 Å². The maximum Gasteiger partial charge on any atom is 0.253 e. The number of rotatable bonds is 6. The number of anilines is 1. The fourth-order valence-corrected chi connectivity index (χ4v) is 2.40. The Morgan fingerprint density at radius 2 is 1.87 bits per heavy atom. The van der Waals surface area contributed by atoms with Crippen LogP contribution in [0, 0.1) is 5.92 Å². The van der Waals surface area contributed by atoms with Crippen molar-refractivity contribution >= 4 is 35.0 Å². The van der Waals surface area contributed by atoms with Gasteiger partial charge in [0.15, 0.2) is 0 Å². The Labute approximate surface area is 139 Å². The fourth-order valence-electron chi connectivity index (χ4n) is 2.13. The summed E-state index contributed by atoms with van der Waals surface area (Å²) in [6, 6.07) is 4.99. The van der Waals surface area contributed by atoms with Crippen molar-refractivity contribution in [2.24, 2.45) is 5.92 Å². The van der Waals surface area contributed by atoms with E-state index < -0.39 is 0 Å². The van der Waals surface area contributed by atoms with Gasteiger partial charge in [-0.25, -0.2) is 0 Å². The summed E-state index contributed by atoms with van der Waals surface area (Å²) in [6.45, 7) is -0.0725. The van der Waals surface area contributed by atoms with Gasteiger partial charge in [-0.1, -0.05) is 11.6 Å². The molecule has 0 atom stereocenters. The number of amides is 3. The second kappa shape index (κ2) is 6.58. The van der Waals surface area contributed by atoms with Crippen LogP contribution in [-0.2, 0) is 9.59 Å². The van der Waals surface area contributed by atoms with Crippen LogP contribution >= 0.6 is 11.6 Å². The van der Waals surface area contributed by atoms with E-state index in [1.165, 1.54) is 6.07 Å². The molecule has 23 heavy (non-hydrogen) atoms. The van der Waals surface area contributed by atoms with Gasteiger partial charge in [-0.15, -0.1) is 0 Å². The molecule has 2 aliphatic rings. The van der Waals surface area contributed by atoms with Gasteiger partial charge >= 0.3 is 0 Å². The lowest BCUT2D eigenvalue weighted by Gasteiger charge is -2.09. The molecule has 6 nitrogen and oxygen atoms in total. The van der Waals surface area contributed by atoms with Crippen molar-refractivity contribution in [2.75, 3.05) is 11.9 Å². The zero-order valence-corrected chi connectivity index (χ0v) is 13.3. The summed E-state index contributed by atoms with van der Waals surface area (Å²) in [7, 11) is 0. The Kier molecular flexibility index (Phi) is 4.52. The molecule has 0 aliphatic heterocycles. The maximum absolute atomic E-state index is 12.0. The number of hydrogen-bond acceptors (Lipinski definition) is 3. The topological polar surface area (TPSA) is 87.3 Å². The van der Waals surface area contributed by atoms with Gasteiger partial charge in [0.25, 0.3) is 5.91 Å². The summed E-state index contributed by atoms with van der Waals surface area (Å²) in [5, 5.41) is 8.38. The van der Waals surface area contributed by atoms with Gasteiger partial charge in [0, 0.05) is 17.6 Å². The molecule has 1 aromatic rings. The minimum absolute atomic E-state index is 0.0708. The molecule has 0 radical (unpaired) electrons. The first kappa shape index (κ1) is 15.8. The largest absolute Gasteiger partial charge is 0.349 e. The summed E-state index contributed by atoms with van der Waals surface area (Å²) in [4.78, 5) is 35.2. The molecule has 0 saturated heterocycles. The predicted octanol–water partition coefficient (Wildman–Crippen LogP) is 1.70. The minimum Gasteiger partial charge on any atom is -0.349 e. The van der Waals surface area contributed by atoms with E-state index in [1.54, 1.807) is 12.1 Å².